The Bertz CT molecular complexity index is 927. The second kappa shape index (κ2) is 8.33. The SMILES string of the molecule is C[C@@H](OC(=O)c1cccc(CS(C)(=O)=O)c1)C(=O)Nc1cccc(Cl)c1. The third-order valence-corrected chi connectivity index (χ3v) is 4.43. The molecule has 0 saturated carbocycles. The van der Waals surface area contributed by atoms with Crippen molar-refractivity contribution in [3.8, 4) is 0 Å². The second-order valence-electron chi connectivity index (χ2n) is 5.82. The molecule has 2 rings (SSSR count). The van der Waals surface area contributed by atoms with Gasteiger partial charge in [-0.05, 0) is 42.8 Å². The summed E-state index contributed by atoms with van der Waals surface area (Å²) in [4.78, 5) is 24.3. The Morgan fingerprint density at radius 2 is 1.85 bits per heavy atom. The van der Waals surface area contributed by atoms with Gasteiger partial charge in [0, 0.05) is 17.0 Å². The van der Waals surface area contributed by atoms with Crippen molar-refractivity contribution in [1.82, 2.24) is 0 Å². The zero-order chi connectivity index (χ0) is 19.3. The van der Waals surface area contributed by atoms with E-state index in [4.69, 9.17) is 16.3 Å². The smallest absolute Gasteiger partial charge is 0.338 e. The van der Waals surface area contributed by atoms with Crippen molar-refractivity contribution in [1.29, 1.82) is 0 Å². The van der Waals surface area contributed by atoms with Gasteiger partial charge in [0.05, 0.1) is 11.3 Å². The number of carbonyl (C=O) groups is 2. The molecule has 0 aromatic heterocycles. The van der Waals surface area contributed by atoms with Gasteiger partial charge in [0.15, 0.2) is 15.9 Å². The Morgan fingerprint density at radius 3 is 2.50 bits per heavy atom. The Morgan fingerprint density at radius 1 is 1.15 bits per heavy atom. The average Bonchev–Trinajstić information content (AvgIpc) is 2.53. The van der Waals surface area contributed by atoms with Gasteiger partial charge in [-0.25, -0.2) is 13.2 Å². The highest BCUT2D eigenvalue weighted by molar-refractivity contribution is 7.89. The van der Waals surface area contributed by atoms with Crippen molar-refractivity contribution in [2.24, 2.45) is 0 Å². The lowest BCUT2D eigenvalue weighted by molar-refractivity contribution is -0.123. The van der Waals surface area contributed by atoms with Crippen molar-refractivity contribution in [2.75, 3.05) is 11.6 Å². The van der Waals surface area contributed by atoms with E-state index in [9.17, 15) is 18.0 Å². The molecule has 0 spiro atoms. The van der Waals surface area contributed by atoms with Gasteiger partial charge in [-0.3, -0.25) is 4.79 Å². The minimum Gasteiger partial charge on any atom is -0.449 e. The monoisotopic (exact) mass is 395 g/mol. The van der Waals surface area contributed by atoms with E-state index >= 15 is 0 Å². The first-order valence-electron chi connectivity index (χ1n) is 7.68. The lowest BCUT2D eigenvalue weighted by Gasteiger charge is -2.14. The van der Waals surface area contributed by atoms with Crippen molar-refractivity contribution in [3.05, 3.63) is 64.7 Å². The van der Waals surface area contributed by atoms with Gasteiger partial charge in [0.1, 0.15) is 0 Å². The van der Waals surface area contributed by atoms with Gasteiger partial charge in [-0.2, -0.15) is 0 Å². The third-order valence-electron chi connectivity index (χ3n) is 3.34. The van der Waals surface area contributed by atoms with E-state index in [1.165, 1.54) is 19.1 Å². The number of amides is 1. The number of anilines is 1. The predicted molar refractivity (Wildman–Crippen MR) is 99.9 cm³/mol. The van der Waals surface area contributed by atoms with E-state index in [1.807, 2.05) is 0 Å². The average molecular weight is 396 g/mol. The zero-order valence-corrected chi connectivity index (χ0v) is 15.8. The molecular formula is C18H18ClNO5S. The van der Waals surface area contributed by atoms with Crippen LogP contribution in [0.2, 0.25) is 5.02 Å². The van der Waals surface area contributed by atoms with E-state index in [1.54, 1.807) is 36.4 Å². The fraction of sp³-hybridized carbons (Fsp3) is 0.222. The number of hydrogen-bond acceptors (Lipinski definition) is 5. The molecule has 26 heavy (non-hydrogen) atoms. The van der Waals surface area contributed by atoms with Gasteiger partial charge < -0.3 is 10.1 Å². The molecule has 0 unspecified atom stereocenters. The number of benzene rings is 2. The number of halogens is 1. The highest BCUT2D eigenvalue weighted by Crippen LogP contribution is 2.16. The molecule has 0 aliphatic carbocycles. The summed E-state index contributed by atoms with van der Waals surface area (Å²) in [6.45, 7) is 1.44. The zero-order valence-electron chi connectivity index (χ0n) is 14.2. The molecule has 0 fully saturated rings. The predicted octanol–water partition coefficient (Wildman–Crippen LogP) is 3.07. The van der Waals surface area contributed by atoms with E-state index in [2.05, 4.69) is 5.32 Å². The second-order valence-corrected chi connectivity index (χ2v) is 8.39. The molecule has 1 atom stereocenters. The maximum atomic E-state index is 12.2. The molecule has 138 valence electrons. The molecular weight excluding hydrogens is 378 g/mol. The quantitative estimate of drug-likeness (QED) is 0.759. The maximum absolute atomic E-state index is 12.2. The summed E-state index contributed by atoms with van der Waals surface area (Å²) in [7, 11) is -3.22. The van der Waals surface area contributed by atoms with Gasteiger partial charge >= 0.3 is 5.97 Å². The van der Waals surface area contributed by atoms with E-state index in [0.29, 0.717) is 16.3 Å². The van der Waals surface area contributed by atoms with Crippen LogP contribution in [-0.2, 0) is 25.1 Å². The Kier molecular flexibility index (Phi) is 6.39. The molecule has 6 nitrogen and oxygen atoms in total. The summed E-state index contributed by atoms with van der Waals surface area (Å²) >= 11 is 5.85. The summed E-state index contributed by atoms with van der Waals surface area (Å²) in [6, 6.07) is 12.7. The fourth-order valence-electron chi connectivity index (χ4n) is 2.18. The highest BCUT2D eigenvalue weighted by Gasteiger charge is 2.19. The fourth-order valence-corrected chi connectivity index (χ4v) is 3.16. The molecule has 1 amide bonds. The first kappa shape index (κ1) is 19.9. The van der Waals surface area contributed by atoms with E-state index < -0.39 is 27.8 Å². The standard InChI is InChI=1S/C18H18ClNO5S/c1-12(17(21)20-16-8-4-7-15(19)10-16)25-18(22)14-6-3-5-13(9-14)11-26(2,23)24/h3-10,12H,11H2,1-2H3,(H,20,21)/t12-/m1/s1. The van der Waals surface area contributed by atoms with Crippen molar-refractivity contribution < 1.29 is 22.7 Å². The summed E-state index contributed by atoms with van der Waals surface area (Å²) in [5, 5.41) is 3.07. The molecule has 0 aliphatic heterocycles. The molecule has 0 aliphatic rings. The number of hydrogen-bond donors (Lipinski definition) is 1. The number of ether oxygens (including phenoxy) is 1. The van der Waals surface area contributed by atoms with Crippen molar-refractivity contribution in [3.63, 3.8) is 0 Å². The number of nitrogens with one attached hydrogen (secondary N) is 1. The van der Waals surface area contributed by atoms with Crippen LogP contribution in [-0.4, -0.2) is 32.7 Å². The summed E-state index contributed by atoms with van der Waals surface area (Å²) < 4.78 is 27.9. The minimum atomic E-state index is -3.22. The van der Waals surface area contributed by atoms with Crippen LogP contribution in [0.4, 0.5) is 5.69 Å². The molecule has 2 aromatic carbocycles. The Hall–Kier alpha value is -2.38. The minimum absolute atomic E-state index is 0.175. The van der Waals surface area contributed by atoms with Crippen LogP contribution >= 0.6 is 11.6 Å². The van der Waals surface area contributed by atoms with Gasteiger partial charge in [0.2, 0.25) is 0 Å². The largest absolute Gasteiger partial charge is 0.449 e. The van der Waals surface area contributed by atoms with Crippen LogP contribution in [0.15, 0.2) is 48.5 Å². The Labute approximate surface area is 157 Å². The molecule has 8 heteroatoms. The van der Waals surface area contributed by atoms with Crippen LogP contribution in [0.25, 0.3) is 0 Å². The van der Waals surface area contributed by atoms with Crippen molar-refractivity contribution >= 4 is 39.0 Å². The van der Waals surface area contributed by atoms with Crippen LogP contribution < -0.4 is 5.32 Å². The van der Waals surface area contributed by atoms with E-state index in [-0.39, 0.29) is 11.3 Å². The van der Waals surface area contributed by atoms with Gasteiger partial charge in [-0.1, -0.05) is 29.8 Å². The lowest BCUT2D eigenvalue weighted by atomic mass is 10.1. The summed E-state index contributed by atoms with van der Waals surface area (Å²) in [5.74, 6) is -1.40. The lowest BCUT2D eigenvalue weighted by Crippen LogP contribution is -2.30. The number of carbonyl (C=O) groups excluding carboxylic acids is 2. The number of esters is 1. The molecule has 0 radical (unpaired) electrons. The molecule has 0 saturated heterocycles. The van der Waals surface area contributed by atoms with Crippen LogP contribution in [0.5, 0.6) is 0 Å². The first-order valence-corrected chi connectivity index (χ1v) is 10.1. The van der Waals surface area contributed by atoms with Crippen molar-refractivity contribution in [2.45, 2.75) is 18.8 Å². The van der Waals surface area contributed by atoms with Crippen LogP contribution in [0.1, 0.15) is 22.8 Å². The van der Waals surface area contributed by atoms with Crippen LogP contribution in [0, 0.1) is 0 Å². The summed E-state index contributed by atoms with van der Waals surface area (Å²) in [6.07, 6.45) is 0.0697. The van der Waals surface area contributed by atoms with Gasteiger partial charge in [-0.15, -0.1) is 0 Å². The maximum Gasteiger partial charge on any atom is 0.338 e. The highest BCUT2D eigenvalue weighted by atomic mass is 35.5. The number of sulfone groups is 1. The molecule has 0 heterocycles. The molecule has 2 aromatic rings. The third kappa shape index (κ3) is 6.16. The van der Waals surface area contributed by atoms with E-state index in [0.717, 1.165) is 6.26 Å². The molecule has 0 bridgehead atoms. The normalized spacial score (nSPS) is 12.3. The molecule has 1 N–H and O–H groups in total. The Balaban J connectivity index is 2.02. The van der Waals surface area contributed by atoms with Gasteiger partial charge in [0.25, 0.3) is 5.91 Å². The number of rotatable bonds is 6. The summed E-state index contributed by atoms with van der Waals surface area (Å²) in [5.41, 5.74) is 1.13. The van der Waals surface area contributed by atoms with Crippen LogP contribution in [0.3, 0.4) is 0 Å². The first-order chi connectivity index (χ1) is 12.1. The topological polar surface area (TPSA) is 89.5 Å².